The second kappa shape index (κ2) is 19.5. The Morgan fingerprint density at radius 2 is 1.50 bits per heavy atom. The lowest BCUT2D eigenvalue weighted by atomic mass is 9.43. The molecule has 48 heavy (non-hydrogen) atoms. The quantitative estimate of drug-likeness (QED) is 0.0711. The SMILES string of the molecule is CC(C)CCC[C@@H](C)[C@H]1CC[C@H]2[C@@H]3CC=C4C[C@@H](O)CC[C@]4(C)[C@H]3C(CCCCCCCCCCCCCCC/C=C/C(=O)[O-])C[C@]12C. The van der Waals surface area contributed by atoms with E-state index in [1.807, 2.05) is 0 Å². The van der Waals surface area contributed by atoms with E-state index < -0.39 is 5.97 Å². The summed E-state index contributed by atoms with van der Waals surface area (Å²) in [6, 6.07) is 0. The molecule has 4 rings (SSSR count). The molecule has 0 heterocycles. The summed E-state index contributed by atoms with van der Waals surface area (Å²) in [6.07, 6.45) is 38.3. The van der Waals surface area contributed by atoms with Gasteiger partial charge in [-0.05, 0) is 116 Å². The summed E-state index contributed by atoms with van der Waals surface area (Å²) in [5, 5.41) is 21.0. The Bertz CT molecular complexity index is 1010. The Morgan fingerprint density at radius 1 is 0.875 bits per heavy atom. The van der Waals surface area contributed by atoms with Crippen LogP contribution >= 0.6 is 0 Å². The smallest absolute Gasteiger partial charge is 0.0639 e. The fourth-order valence-electron chi connectivity index (χ4n) is 12.1. The maximum absolute atomic E-state index is 10.6. The van der Waals surface area contributed by atoms with Crippen LogP contribution in [-0.4, -0.2) is 17.2 Å². The highest BCUT2D eigenvalue weighted by Crippen LogP contribution is 2.69. The molecule has 1 N–H and O–H groups in total. The minimum Gasteiger partial charge on any atom is -0.545 e. The maximum atomic E-state index is 10.6. The van der Waals surface area contributed by atoms with Crippen LogP contribution in [0.25, 0.3) is 0 Å². The molecule has 0 spiro atoms. The first kappa shape index (κ1) is 39.7. The molecule has 276 valence electrons. The van der Waals surface area contributed by atoms with Crippen LogP contribution in [0.4, 0.5) is 0 Å². The number of rotatable bonds is 22. The van der Waals surface area contributed by atoms with Crippen LogP contribution in [0.5, 0.6) is 0 Å². The zero-order valence-corrected chi connectivity index (χ0v) is 32.3. The van der Waals surface area contributed by atoms with Crippen LogP contribution in [0.2, 0.25) is 0 Å². The summed E-state index contributed by atoms with van der Waals surface area (Å²) in [6.45, 7) is 12.8. The molecule has 0 aromatic rings. The van der Waals surface area contributed by atoms with Gasteiger partial charge in [0.2, 0.25) is 0 Å². The Morgan fingerprint density at radius 3 is 2.12 bits per heavy atom. The first-order chi connectivity index (χ1) is 23.1. The summed E-state index contributed by atoms with van der Waals surface area (Å²) in [7, 11) is 0. The number of carboxylic acids is 1. The molecule has 3 nitrogen and oxygen atoms in total. The topological polar surface area (TPSA) is 60.4 Å². The monoisotopic (exact) mass is 666 g/mol. The van der Waals surface area contributed by atoms with Crippen molar-refractivity contribution >= 4 is 5.97 Å². The highest BCUT2D eigenvalue weighted by Gasteiger charge is 2.61. The molecule has 3 saturated carbocycles. The molecular formula is C45H77O3-. The molecule has 0 aromatic heterocycles. The average Bonchev–Trinajstić information content (AvgIpc) is 3.39. The number of aliphatic carboxylic acids is 1. The molecule has 0 aliphatic heterocycles. The normalized spacial score (nSPS) is 33.8. The second-order valence-corrected chi connectivity index (χ2v) is 18.4. The zero-order chi connectivity index (χ0) is 34.6. The summed E-state index contributed by atoms with van der Waals surface area (Å²) in [5.74, 6) is 5.00. The van der Waals surface area contributed by atoms with Gasteiger partial charge in [0.05, 0.1) is 12.1 Å². The molecule has 0 radical (unpaired) electrons. The maximum Gasteiger partial charge on any atom is 0.0639 e. The Labute approximate surface area is 297 Å². The molecule has 3 heteroatoms. The highest BCUT2D eigenvalue weighted by atomic mass is 16.4. The number of hydrogen-bond donors (Lipinski definition) is 1. The van der Waals surface area contributed by atoms with Crippen molar-refractivity contribution in [2.75, 3.05) is 0 Å². The van der Waals surface area contributed by atoms with Gasteiger partial charge in [-0.25, -0.2) is 0 Å². The Kier molecular flexibility index (Phi) is 16.1. The first-order valence-corrected chi connectivity index (χ1v) is 21.3. The third-order valence-corrected chi connectivity index (χ3v) is 14.6. The largest absolute Gasteiger partial charge is 0.545 e. The van der Waals surface area contributed by atoms with Gasteiger partial charge in [0.25, 0.3) is 0 Å². The average molecular weight is 666 g/mol. The number of unbranched alkanes of at least 4 members (excludes halogenated alkanes) is 13. The van der Waals surface area contributed by atoms with Crippen LogP contribution in [0.15, 0.2) is 23.8 Å². The van der Waals surface area contributed by atoms with Crippen LogP contribution in [0.1, 0.15) is 195 Å². The van der Waals surface area contributed by atoms with E-state index in [0.29, 0.717) is 10.8 Å². The van der Waals surface area contributed by atoms with Crippen LogP contribution in [0, 0.1) is 52.3 Å². The molecular weight excluding hydrogens is 588 g/mol. The van der Waals surface area contributed by atoms with Gasteiger partial charge in [-0.2, -0.15) is 0 Å². The van der Waals surface area contributed by atoms with Crippen molar-refractivity contribution in [3.05, 3.63) is 23.8 Å². The third-order valence-electron chi connectivity index (χ3n) is 14.6. The number of allylic oxidation sites excluding steroid dienone is 2. The summed E-state index contributed by atoms with van der Waals surface area (Å²) >= 11 is 0. The first-order valence-electron chi connectivity index (χ1n) is 21.3. The molecule has 1 unspecified atom stereocenters. The van der Waals surface area contributed by atoms with E-state index in [1.165, 1.54) is 135 Å². The molecule has 0 bridgehead atoms. The molecule has 3 fully saturated rings. The van der Waals surface area contributed by atoms with Crippen molar-refractivity contribution in [3.63, 3.8) is 0 Å². The minimum absolute atomic E-state index is 0.111. The molecule has 0 saturated heterocycles. The fourth-order valence-corrected chi connectivity index (χ4v) is 12.1. The Hall–Kier alpha value is -1.09. The number of aliphatic hydroxyl groups is 1. The van der Waals surface area contributed by atoms with Crippen LogP contribution < -0.4 is 5.11 Å². The number of fused-ring (bicyclic) bond motifs is 5. The highest BCUT2D eigenvalue weighted by molar-refractivity contribution is 5.77. The van der Waals surface area contributed by atoms with Gasteiger partial charge >= 0.3 is 0 Å². The molecule has 0 amide bonds. The number of carboxylic acid groups (broad SMARTS) is 1. The molecule has 4 aliphatic carbocycles. The van der Waals surface area contributed by atoms with E-state index >= 15 is 0 Å². The van der Waals surface area contributed by atoms with Gasteiger partial charge in [0.1, 0.15) is 0 Å². The lowest BCUT2D eigenvalue weighted by Gasteiger charge is -2.61. The van der Waals surface area contributed by atoms with E-state index in [4.69, 9.17) is 0 Å². The lowest BCUT2D eigenvalue weighted by Crippen LogP contribution is -2.54. The van der Waals surface area contributed by atoms with Gasteiger partial charge in [-0.1, -0.05) is 155 Å². The van der Waals surface area contributed by atoms with Gasteiger partial charge in [-0.15, -0.1) is 0 Å². The predicted octanol–water partition coefficient (Wildman–Crippen LogP) is 11.8. The Balaban J connectivity index is 1.21. The van der Waals surface area contributed by atoms with E-state index in [1.54, 1.807) is 11.6 Å². The predicted molar refractivity (Wildman–Crippen MR) is 201 cm³/mol. The van der Waals surface area contributed by atoms with Gasteiger partial charge in [0, 0.05) is 0 Å². The fraction of sp³-hybridized carbons (Fsp3) is 0.889. The third kappa shape index (κ3) is 10.7. The van der Waals surface area contributed by atoms with Crippen LogP contribution in [-0.2, 0) is 4.79 Å². The molecule has 9 atom stereocenters. The van der Waals surface area contributed by atoms with E-state index in [-0.39, 0.29) is 6.10 Å². The van der Waals surface area contributed by atoms with Gasteiger partial charge < -0.3 is 15.0 Å². The van der Waals surface area contributed by atoms with Crippen molar-refractivity contribution in [2.45, 2.75) is 201 Å². The second-order valence-electron chi connectivity index (χ2n) is 18.4. The standard InChI is InChI=1S/C45H78O3/c1-34(2)22-21-23-35(3)40-28-29-41-39-27-26-37-32-38(46)30-31-44(37,4)43(39)36(33-45(40,41)5)24-19-17-15-13-11-9-7-6-8-10-12-14-16-18-20-25-42(47)48/h20,25-26,34-36,38-41,43,46H,6-19,21-24,27-33H2,1-5H3,(H,47,48)/p-1/b25-20+/t35-,36?,38+,39+,40-,41+,43+,44+,45-/m1/s1. The van der Waals surface area contributed by atoms with Crippen molar-refractivity contribution in [3.8, 4) is 0 Å². The van der Waals surface area contributed by atoms with Crippen molar-refractivity contribution in [1.82, 2.24) is 0 Å². The molecule has 4 aliphatic rings. The number of carbonyl (C=O) groups is 1. The zero-order valence-electron chi connectivity index (χ0n) is 32.3. The van der Waals surface area contributed by atoms with Crippen molar-refractivity contribution in [2.24, 2.45) is 52.3 Å². The minimum atomic E-state index is -1.08. The van der Waals surface area contributed by atoms with E-state index in [9.17, 15) is 15.0 Å². The number of hydrogen-bond acceptors (Lipinski definition) is 3. The number of carbonyl (C=O) groups excluding carboxylic acids is 1. The number of aliphatic hydroxyl groups excluding tert-OH is 1. The van der Waals surface area contributed by atoms with E-state index in [0.717, 1.165) is 73.2 Å². The summed E-state index contributed by atoms with van der Waals surface area (Å²) < 4.78 is 0. The van der Waals surface area contributed by atoms with Gasteiger partial charge in [0.15, 0.2) is 0 Å². The lowest BCUT2D eigenvalue weighted by molar-refractivity contribution is -0.297. The summed E-state index contributed by atoms with van der Waals surface area (Å²) in [4.78, 5) is 10.4. The van der Waals surface area contributed by atoms with Gasteiger partial charge in [-0.3, -0.25) is 0 Å². The van der Waals surface area contributed by atoms with Crippen molar-refractivity contribution < 1.29 is 15.0 Å². The van der Waals surface area contributed by atoms with Crippen LogP contribution in [0.3, 0.4) is 0 Å². The van der Waals surface area contributed by atoms with Crippen molar-refractivity contribution in [1.29, 1.82) is 0 Å². The molecule has 0 aromatic carbocycles. The summed E-state index contributed by atoms with van der Waals surface area (Å²) in [5.41, 5.74) is 2.48. The van der Waals surface area contributed by atoms with E-state index in [2.05, 4.69) is 40.7 Å².